The van der Waals surface area contributed by atoms with Gasteiger partial charge in [-0.1, -0.05) is 17.7 Å². The van der Waals surface area contributed by atoms with Crippen molar-refractivity contribution in [2.45, 2.75) is 19.8 Å². The second-order valence-corrected chi connectivity index (χ2v) is 4.93. The van der Waals surface area contributed by atoms with Gasteiger partial charge in [0.05, 0.1) is 6.61 Å². The van der Waals surface area contributed by atoms with E-state index in [1.54, 1.807) is 0 Å². The van der Waals surface area contributed by atoms with E-state index in [-0.39, 0.29) is 17.2 Å². The summed E-state index contributed by atoms with van der Waals surface area (Å²) < 4.78 is 5.60. The lowest BCUT2D eigenvalue weighted by atomic mass is 10.2. The number of unbranched alkanes of at least 4 members (excludes halogenated alkanes) is 1. The molecule has 0 aliphatic carbocycles. The fourth-order valence-corrected chi connectivity index (χ4v) is 1.81. The number of hydrogen-bond acceptors (Lipinski definition) is 4. The molecule has 0 spiro atoms. The number of benzene rings is 1. The number of ether oxygens (including phenoxy) is 1. The van der Waals surface area contributed by atoms with Crippen molar-refractivity contribution in [3.8, 4) is 5.75 Å². The summed E-state index contributed by atoms with van der Waals surface area (Å²) in [6.07, 6.45) is 1.65. The van der Waals surface area contributed by atoms with Gasteiger partial charge in [0.15, 0.2) is 0 Å². The molecule has 0 aliphatic heterocycles. The number of carbonyl (C=O) groups is 1. The first-order chi connectivity index (χ1) is 10.6. The molecule has 0 bridgehead atoms. The van der Waals surface area contributed by atoms with Gasteiger partial charge in [-0.05, 0) is 38.0 Å². The Kier molecular flexibility index (Phi) is 5.71. The smallest absolute Gasteiger partial charge is 0.271 e. The molecule has 0 unspecified atom stereocenters. The second-order valence-electron chi connectivity index (χ2n) is 4.93. The number of nitrogens with zero attached hydrogens (tertiary/aromatic N) is 1. The molecule has 22 heavy (non-hydrogen) atoms. The lowest BCUT2D eigenvalue weighted by molar-refractivity contribution is 0.0946. The average Bonchev–Trinajstić information content (AvgIpc) is 2.53. The van der Waals surface area contributed by atoms with E-state index in [0.717, 1.165) is 18.6 Å². The van der Waals surface area contributed by atoms with Gasteiger partial charge in [0, 0.05) is 12.6 Å². The molecule has 2 rings (SSSR count). The highest BCUT2D eigenvalue weighted by atomic mass is 16.5. The monoisotopic (exact) mass is 301 g/mol. The van der Waals surface area contributed by atoms with Crippen molar-refractivity contribution in [3.05, 3.63) is 58.0 Å². The fourth-order valence-electron chi connectivity index (χ4n) is 1.81. The zero-order valence-corrected chi connectivity index (χ0v) is 12.5. The summed E-state index contributed by atoms with van der Waals surface area (Å²) in [5.74, 6) is 0.558. The quantitative estimate of drug-likeness (QED) is 0.762. The summed E-state index contributed by atoms with van der Waals surface area (Å²) in [5.41, 5.74) is 1.08. The zero-order valence-electron chi connectivity index (χ0n) is 12.5. The average molecular weight is 301 g/mol. The van der Waals surface area contributed by atoms with Crippen molar-refractivity contribution in [2.75, 3.05) is 13.2 Å². The van der Waals surface area contributed by atoms with E-state index >= 15 is 0 Å². The molecule has 0 radical (unpaired) electrons. The molecule has 1 amide bonds. The van der Waals surface area contributed by atoms with Gasteiger partial charge in [-0.15, -0.1) is 0 Å². The van der Waals surface area contributed by atoms with Crippen LogP contribution in [0, 0.1) is 6.92 Å². The molecular weight excluding hydrogens is 282 g/mol. The van der Waals surface area contributed by atoms with Gasteiger partial charge in [0.2, 0.25) is 0 Å². The maximum atomic E-state index is 11.7. The van der Waals surface area contributed by atoms with Gasteiger partial charge in [-0.25, -0.2) is 5.10 Å². The van der Waals surface area contributed by atoms with Crippen LogP contribution >= 0.6 is 0 Å². The van der Waals surface area contributed by atoms with Crippen LogP contribution in [-0.4, -0.2) is 29.3 Å². The van der Waals surface area contributed by atoms with Gasteiger partial charge >= 0.3 is 0 Å². The van der Waals surface area contributed by atoms with Crippen molar-refractivity contribution in [2.24, 2.45) is 0 Å². The van der Waals surface area contributed by atoms with Crippen LogP contribution in [0.1, 0.15) is 28.9 Å². The molecule has 0 saturated carbocycles. The van der Waals surface area contributed by atoms with Crippen LogP contribution in [-0.2, 0) is 0 Å². The summed E-state index contributed by atoms with van der Waals surface area (Å²) in [6.45, 7) is 3.18. The number of aryl methyl sites for hydroxylation is 1. The SMILES string of the molecule is Cc1ccc(OCCCCNC(=O)c2ccc(=O)[nH]n2)cc1. The fraction of sp³-hybridized carbons (Fsp3) is 0.312. The van der Waals surface area contributed by atoms with Crippen LogP contribution in [0.5, 0.6) is 5.75 Å². The Morgan fingerprint density at radius 3 is 2.64 bits per heavy atom. The lowest BCUT2D eigenvalue weighted by Crippen LogP contribution is -2.26. The number of hydrogen-bond donors (Lipinski definition) is 2. The number of aromatic nitrogens is 2. The topological polar surface area (TPSA) is 84.1 Å². The minimum Gasteiger partial charge on any atom is -0.494 e. The molecule has 0 saturated heterocycles. The summed E-state index contributed by atoms with van der Waals surface area (Å²) >= 11 is 0. The van der Waals surface area contributed by atoms with Gasteiger partial charge < -0.3 is 10.1 Å². The van der Waals surface area contributed by atoms with Crippen molar-refractivity contribution in [1.82, 2.24) is 15.5 Å². The molecule has 0 aliphatic rings. The van der Waals surface area contributed by atoms with Gasteiger partial charge in [0.1, 0.15) is 11.4 Å². The first-order valence-electron chi connectivity index (χ1n) is 7.18. The third-order valence-electron chi connectivity index (χ3n) is 3.06. The maximum Gasteiger partial charge on any atom is 0.271 e. The Morgan fingerprint density at radius 2 is 1.95 bits per heavy atom. The molecule has 0 atom stereocenters. The molecule has 2 aromatic rings. The van der Waals surface area contributed by atoms with E-state index < -0.39 is 0 Å². The highest BCUT2D eigenvalue weighted by molar-refractivity contribution is 5.91. The minimum atomic E-state index is -0.329. The molecule has 0 fully saturated rings. The van der Waals surface area contributed by atoms with E-state index in [2.05, 4.69) is 15.5 Å². The highest BCUT2D eigenvalue weighted by Crippen LogP contribution is 2.11. The molecule has 1 aromatic heterocycles. The largest absolute Gasteiger partial charge is 0.494 e. The first-order valence-corrected chi connectivity index (χ1v) is 7.18. The van der Waals surface area contributed by atoms with Crippen LogP contribution in [0.4, 0.5) is 0 Å². The molecule has 6 nitrogen and oxygen atoms in total. The Balaban J connectivity index is 1.61. The second kappa shape index (κ2) is 7.97. The molecular formula is C16H19N3O3. The summed E-state index contributed by atoms with van der Waals surface area (Å²) in [4.78, 5) is 22.6. The standard InChI is InChI=1S/C16H19N3O3/c1-12-4-6-13(7-5-12)22-11-3-2-10-17-16(21)14-8-9-15(20)19-18-14/h4-9H,2-3,10-11H2,1H3,(H,17,21)(H,19,20). The molecule has 1 heterocycles. The number of H-pyrrole nitrogens is 1. The predicted molar refractivity (Wildman–Crippen MR) is 83.1 cm³/mol. The van der Waals surface area contributed by atoms with Gasteiger partial charge in [0.25, 0.3) is 11.5 Å². The van der Waals surface area contributed by atoms with E-state index in [1.807, 2.05) is 31.2 Å². The Morgan fingerprint density at radius 1 is 1.18 bits per heavy atom. The zero-order chi connectivity index (χ0) is 15.8. The predicted octanol–water partition coefficient (Wildman–Crippen LogP) is 1.67. The Hall–Kier alpha value is -2.63. The number of carbonyl (C=O) groups excluding carboxylic acids is 1. The van der Waals surface area contributed by atoms with E-state index in [1.165, 1.54) is 17.7 Å². The van der Waals surface area contributed by atoms with E-state index in [4.69, 9.17) is 4.74 Å². The number of rotatable bonds is 7. The molecule has 116 valence electrons. The van der Waals surface area contributed by atoms with Crippen LogP contribution in [0.15, 0.2) is 41.2 Å². The van der Waals surface area contributed by atoms with Crippen molar-refractivity contribution in [1.29, 1.82) is 0 Å². The van der Waals surface area contributed by atoms with Crippen molar-refractivity contribution in [3.63, 3.8) is 0 Å². The van der Waals surface area contributed by atoms with Crippen LogP contribution in [0.3, 0.4) is 0 Å². The van der Waals surface area contributed by atoms with Gasteiger partial charge in [-0.2, -0.15) is 5.10 Å². The highest BCUT2D eigenvalue weighted by Gasteiger charge is 2.05. The number of amides is 1. The minimum absolute atomic E-state index is 0.204. The maximum absolute atomic E-state index is 11.7. The van der Waals surface area contributed by atoms with Crippen LogP contribution < -0.4 is 15.6 Å². The van der Waals surface area contributed by atoms with E-state index in [0.29, 0.717) is 13.2 Å². The van der Waals surface area contributed by atoms with E-state index in [9.17, 15) is 9.59 Å². The third kappa shape index (κ3) is 5.05. The molecule has 1 aromatic carbocycles. The summed E-state index contributed by atoms with van der Waals surface area (Å²) in [6, 6.07) is 10.6. The summed E-state index contributed by atoms with van der Waals surface area (Å²) in [7, 11) is 0. The van der Waals surface area contributed by atoms with Crippen molar-refractivity contribution >= 4 is 5.91 Å². The van der Waals surface area contributed by atoms with Crippen LogP contribution in [0.2, 0.25) is 0 Å². The summed E-state index contributed by atoms with van der Waals surface area (Å²) in [5, 5.41) is 8.64. The van der Waals surface area contributed by atoms with Crippen molar-refractivity contribution < 1.29 is 9.53 Å². The lowest BCUT2D eigenvalue weighted by Gasteiger charge is -2.07. The number of aromatic amines is 1. The number of nitrogens with one attached hydrogen (secondary N) is 2. The third-order valence-corrected chi connectivity index (χ3v) is 3.06. The molecule has 2 N–H and O–H groups in total. The molecule has 6 heteroatoms. The van der Waals surface area contributed by atoms with Crippen LogP contribution in [0.25, 0.3) is 0 Å². The Labute approximate surface area is 128 Å². The van der Waals surface area contributed by atoms with Gasteiger partial charge in [-0.3, -0.25) is 9.59 Å². The Bertz CT molecular complexity index is 645. The first kappa shape index (κ1) is 15.8. The normalized spacial score (nSPS) is 10.2.